The minimum Gasteiger partial charge on any atom is -0.483 e. The zero-order chi connectivity index (χ0) is 16.7. The molecule has 0 aromatic carbocycles. The SMILES string of the molecule is O=C(N[C@@H]1C[C@H]2CO[C@@H](CCO)CN2C1)c1cc[nH]c1.O=CO. The molecule has 2 saturated heterocycles. The van der Waals surface area contributed by atoms with E-state index in [9.17, 15) is 4.79 Å². The Hall–Kier alpha value is -1.90. The zero-order valence-electron chi connectivity index (χ0n) is 12.9. The molecule has 23 heavy (non-hydrogen) atoms. The van der Waals surface area contributed by atoms with Gasteiger partial charge in [-0.2, -0.15) is 0 Å². The molecule has 1 amide bonds. The van der Waals surface area contributed by atoms with Crippen LogP contribution in [0, 0.1) is 0 Å². The fraction of sp³-hybridized carbons (Fsp3) is 0.600. The molecule has 0 unspecified atom stereocenters. The van der Waals surface area contributed by atoms with Crippen LogP contribution in [0.5, 0.6) is 0 Å². The van der Waals surface area contributed by atoms with Crippen molar-refractivity contribution in [1.82, 2.24) is 15.2 Å². The molecule has 0 radical (unpaired) electrons. The molecular formula is C15H23N3O5. The number of aliphatic hydroxyl groups excluding tert-OH is 1. The van der Waals surface area contributed by atoms with Crippen molar-refractivity contribution in [3.05, 3.63) is 24.0 Å². The summed E-state index contributed by atoms with van der Waals surface area (Å²) in [6.07, 6.45) is 5.19. The Morgan fingerprint density at radius 3 is 2.96 bits per heavy atom. The Morgan fingerprint density at radius 1 is 1.52 bits per heavy atom. The number of nitrogens with zero attached hydrogens (tertiary/aromatic N) is 1. The molecule has 2 fully saturated rings. The molecule has 2 aliphatic rings. The molecule has 3 atom stereocenters. The lowest BCUT2D eigenvalue weighted by Crippen LogP contribution is -2.46. The first kappa shape index (κ1) is 17.5. The van der Waals surface area contributed by atoms with Crippen LogP contribution >= 0.6 is 0 Å². The Labute approximate surface area is 134 Å². The van der Waals surface area contributed by atoms with Gasteiger partial charge in [-0.1, -0.05) is 0 Å². The predicted molar refractivity (Wildman–Crippen MR) is 82.2 cm³/mol. The van der Waals surface area contributed by atoms with Gasteiger partial charge in [0.25, 0.3) is 12.4 Å². The summed E-state index contributed by atoms with van der Waals surface area (Å²) in [5.41, 5.74) is 0.671. The number of hydrogen-bond donors (Lipinski definition) is 4. The van der Waals surface area contributed by atoms with Crippen LogP contribution < -0.4 is 5.32 Å². The van der Waals surface area contributed by atoms with E-state index < -0.39 is 0 Å². The molecule has 0 aliphatic carbocycles. The minimum absolute atomic E-state index is 0.0241. The standard InChI is InChI=1S/C14H21N3O3.CH2O2/c18-4-2-13-8-17-7-11(5-12(17)9-20-13)16-14(19)10-1-3-15-6-10;2-1-3/h1,3,6,11-13,15,18H,2,4-5,7-9H2,(H,16,19);1H,(H,2,3)/t11-,12+,13+;/m1./s1. The number of rotatable bonds is 4. The maximum absolute atomic E-state index is 12.0. The lowest BCUT2D eigenvalue weighted by molar-refractivity contribution is -0.122. The summed E-state index contributed by atoms with van der Waals surface area (Å²) in [6.45, 7) is 2.33. The van der Waals surface area contributed by atoms with Crippen LogP contribution in [0.2, 0.25) is 0 Å². The zero-order valence-corrected chi connectivity index (χ0v) is 12.9. The van der Waals surface area contributed by atoms with Gasteiger partial charge in [0.2, 0.25) is 0 Å². The highest BCUT2D eigenvalue weighted by atomic mass is 16.5. The van der Waals surface area contributed by atoms with Crippen molar-refractivity contribution in [3.8, 4) is 0 Å². The maximum Gasteiger partial charge on any atom is 0.290 e. The second kappa shape index (κ2) is 8.66. The molecule has 4 N–H and O–H groups in total. The Bertz CT molecular complexity index is 493. The van der Waals surface area contributed by atoms with Crippen molar-refractivity contribution in [2.75, 3.05) is 26.3 Å². The average molecular weight is 325 g/mol. The van der Waals surface area contributed by atoms with Crippen molar-refractivity contribution in [3.63, 3.8) is 0 Å². The van der Waals surface area contributed by atoms with E-state index in [0.717, 1.165) is 19.5 Å². The molecule has 3 heterocycles. The Kier molecular flexibility index (Phi) is 6.57. The first-order valence-corrected chi connectivity index (χ1v) is 7.66. The van der Waals surface area contributed by atoms with Crippen LogP contribution in [0.1, 0.15) is 23.2 Å². The normalized spacial score (nSPS) is 26.7. The number of ether oxygens (including phenoxy) is 1. The van der Waals surface area contributed by atoms with Gasteiger partial charge in [-0.15, -0.1) is 0 Å². The molecule has 8 heteroatoms. The fourth-order valence-corrected chi connectivity index (χ4v) is 3.10. The van der Waals surface area contributed by atoms with Gasteiger partial charge in [0.05, 0.1) is 18.3 Å². The highest BCUT2D eigenvalue weighted by Gasteiger charge is 2.37. The minimum atomic E-state index is -0.250. The van der Waals surface area contributed by atoms with E-state index in [1.165, 1.54) is 0 Å². The Morgan fingerprint density at radius 2 is 2.30 bits per heavy atom. The number of aromatic amines is 1. The number of carbonyl (C=O) groups is 2. The second-order valence-corrected chi connectivity index (χ2v) is 5.69. The third-order valence-corrected chi connectivity index (χ3v) is 4.14. The molecule has 1 aromatic rings. The van der Waals surface area contributed by atoms with E-state index >= 15 is 0 Å². The molecule has 0 bridgehead atoms. The monoisotopic (exact) mass is 325 g/mol. The summed E-state index contributed by atoms with van der Waals surface area (Å²) in [5, 5.41) is 18.9. The third-order valence-electron chi connectivity index (χ3n) is 4.14. The van der Waals surface area contributed by atoms with Crippen LogP contribution in [0.3, 0.4) is 0 Å². The lowest BCUT2D eigenvalue weighted by Gasteiger charge is -2.34. The second-order valence-electron chi connectivity index (χ2n) is 5.69. The number of aliphatic hydroxyl groups is 1. The molecule has 0 saturated carbocycles. The van der Waals surface area contributed by atoms with E-state index in [1.807, 2.05) is 0 Å². The number of hydrogen-bond acceptors (Lipinski definition) is 5. The summed E-state index contributed by atoms with van der Waals surface area (Å²) in [6, 6.07) is 2.35. The summed E-state index contributed by atoms with van der Waals surface area (Å²) < 4.78 is 5.74. The molecule has 3 rings (SSSR count). The van der Waals surface area contributed by atoms with Gasteiger partial charge in [0.1, 0.15) is 0 Å². The molecule has 2 aliphatic heterocycles. The third kappa shape index (κ3) is 4.78. The van der Waals surface area contributed by atoms with Crippen molar-refractivity contribution in [1.29, 1.82) is 0 Å². The van der Waals surface area contributed by atoms with Crippen LogP contribution in [0.25, 0.3) is 0 Å². The van der Waals surface area contributed by atoms with Gasteiger partial charge >= 0.3 is 0 Å². The van der Waals surface area contributed by atoms with E-state index in [2.05, 4.69) is 15.2 Å². The van der Waals surface area contributed by atoms with Gasteiger partial charge in [-0.25, -0.2) is 0 Å². The summed E-state index contributed by atoms with van der Waals surface area (Å²) in [5.74, 6) is -0.0241. The van der Waals surface area contributed by atoms with Gasteiger partial charge < -0.3 is 25.3 Å². The number of amides is 1. The van der Waals surface area contributed by atoms with Crippen LogP contribution in [0.4, 0.5) is 0 Å². The average Bonchev–Trinajstić information content (AvgIpc) is 3.16. The fourth-order valence-electron chi connectivity index (χ4n) is 3.10. The highest BCUT2D eigenvalue weighted by Crippen LogP contribution is 2.24. The Balaban J connectivity index is 0.000000595. The number of morpholine rings is 1. The molecular weight excluding hydrogens is 302 g/mol. The maximum atomic E-state index is 12.0. The van der Waals surface area contributed by atoms with Gasteiger partial charge in [-0.05, 0) is 18.9 Å². The summed E-state index contributed by atoms with van der Waals surface area (Å²) in [7, 11) is 0. The number of carbonyl (C=O) groups excluding carboxylic acids is 1. The summed E-state index contributed by atoms with van der Waals surface area (Å²) in [4.78, 5) is 25.6. The quantitative estimate of drug-likeness (QED) is 0.564. The van der Waals surface area contributed by atoms with Crippen LogP contribution in [-0.2, 0) is 9.53 Å². The van der Waals surface area contributed by atoms with E-state index in [4.69, 9.17) is 19.7 Å². The van der Waals surface area contributed by atoms with Crippen molar-refractivity contribution < 1.29 is 24.5 Å². The van der Waals surface area contributed by atoms with E-state index in [1.54, 1.807) is 18.5 Å². The van der Waals surface area contributed by atoms with Crippen molar-refractivity contribution in [2.45, 2.75) is 31.0 Å². The van der Waals surface area contributed by atoms with Crippen molar-refractivity contribution >= 4 is 12.4 Å². The van der Waals surface area contributed by atoms with Crippen molar-refractivity contribution in [2.24, 2.45) is 0 Å². The number of H-pyrrole nitrogens is 1. The van der Waals surface area contributed by atoms with Crippen LogP contribution in [-0.4, -0.2) is 77.0 Å². The van der Waals surface area contributed by atoms with E-state index in [-0.39, 0.29) is 31.1 Å². The highest BCUT2D eigenvalue weighted by molar-refractivity contribution is 5.94. The summed E-state index contributed by atoms with van der Waals surface area (Å²) >= 11 is 0. The molecule has 1 aromatic heterocycles. The number of carboxylic acid groups (broad SMARTS) is 1. The molecule has 8 nitrogen and oxygen atoms in total. The molecule has 128 valence electrons. The predicted octanol–water partition coefficient (Wildman–Crippen LogP) is -0.331. The van der Waals surface area contributed by atoms with Crippen LogP contribution in [0.15, 0.2) is 18.5 Å². The number of nitrogens with one attached hydrogen (secondary N) is 2. The number of aromatic nitrogens is 1. The number of fused-ring (bicyclic) bond motifs is 1. The van der Waals surface area contributed by atoms with E-state index in [0.29, 0.717) is 24.6 Å². The lowest BCUT2D eigenvalue weighted by atomic mass is 10.1. The van der Waals surface area contributed by atoms with Gasteiger partial charge in [0, 0.05) is 44.2 Å². The van der Waals surface area contributed by atoms with Gasteiger partial charge in [0.15, 0.2) is 0 Å². The van der Waals surface area contributed by atoms with Gasteiger partial charge in [-0.3, -0.25) is 14.5 Å². The topological polar surface area (TPSA) is 115 Å². The largest absolute Gasteiger partial charge is 0.483 e. The first-order valence-electron chi connectivity index (χ1n) is 7.66. The smallest absolute Gasteiger partial charge is 0.290 e. The molecule has 0 spiro atoms. The first-order chi connectivity index (χ1) is 11.2.